The molecule has 0 aliphatic carbocycles. The first-order valence-electron chi connectivity index (χ1n) is 11.2. The molecule has 1 fully saturated rings. The molecule has 1 amide bonds. The predicted octanol–water partition coefficient (Wildman–Crippen LogP) is 4.07. The summed E-state index contributed by atoms with van der Waals surface area (Å²) in [6.07, 6.45) is 1.48. The number of anilines is 1. The number of hydrogen-bond acceptors (Lipinski definition) is 7. The molecule has 0 bridgehead atoms. The van der Waals surface area contributed by atoms with Crippen LogP contribution in [0, 0.1) is 12.8 Å². The molecule has 0 saturated carbocycles. The van der Waals surface area contributed by atoms with Crippen molar-refractivity contribution in [2.45, 2.75) is 33.2 Å². The number of rotatable bonds is 7. The number of piperidine rings is 1. The number of benzene rings is 2. The molecule has 4 rings (SSSR count). The molecule has 2 aromatic carbocycles. The van der Waals surface area contributed by atoms with Gasteiger partial charge >= 0.3 is 5.97 Å². The van der Waals surface area contributed by atoms with Gasteiger partial charge in [0.2, 0.25) is 17.6 Å². The van der Waals surface area contributed by atoms with Crippen molar-refractivity contribution in [3.63, 3.8) is 0 Å². The third-order valence-corrected chi connectivity index (χ3v) is 5.81. The standard InChI is InChI=1S/C25H28N4O4/c1-3-32-25(31)19-8-6-9-20(15-19)26-24(30)18-11-13-29(14-12-18)16-22-27-23(28-33-22)21-10-5-4-7-17(21)2/h4-10,15,18H,3,11-14,16H2,1-2H3,(H,26,30). The fraction of sp³-hybridized carbons (Fsp3) is 0.360. The molecule has 1 aliphatic heterocycles. The van der Waals surface area contributed by atoms with Gasteiger partial charge in [-0.1, -0.05) is 35.5 Å². The number of amides is 1. The van der Waals surface area contributed by atoms with E-state index >= 15 is 0 Å². The van der Waals surface area contributed by atoms with Crippen LogP contribution in [0.1, 0.15) is 41.6 Å². The number of nitrogens with zero attached hydrogens (tertiary/aromatic N) is 3. The van der Waals surface area contributed by atoms with E-state index in [0.29, 0.717) is 36.1 Å². The molecular weight excluding hydrogens is 420 g/mol. The predicted molar refractivity (Wildman–Crippen MR) is 124 cm³/mol. The van der Waals surface area contributed by atoms with E-state index in [1.807, 2.05) is 31.2 Å². The fourth-order valence-electron chi connectivity index (χ4n) is 3.98. The number of likely N-dealkylation sites (tertiary alicyclic amines) is 1. The quantitative estimate of drug-likeness (QED) is 0.544. The molecule has 33 heavy (non-hydrogen) atoms. The van der Waals surface area contributed by atoms with Crippen LogP contribution in [0.2, 0.25) is 0 Å². The van der Waals surface area contributed by atoms with Gasteiger partial charge in [-0.05, 0) is 63.5 Å². The van der Waals surface area contributed by atoms with Crippen LogP contribution in [-0.2, 0) is 16.1 Å². The largest absolute Gasteiger partial charge is 0.462 e. The Morgan fingerprint density at radius 1 is 1.15 bits per heavy atom. The topological polar surface area (TPSA) is 97.6 Å². The van der Waals surface area contributed by atoms with Crippen LogP contribution < -0.4 is 5.32 Å². The Balaban J connectivity index is 1.29. The van der Waals surface area contributed by atoms with Gasteiger partial charge in [0.15, 0.2) is 0 Å². The zero-order valence-electron chi connectivity index (χ0n) is 18.9. The molecule has 3 aromatic rings. The smallest absolute Gasteiger partial charge is 0.338 e. The second-order valence-electron chi connectivity index (χ2n) is 8.17. The highest BCUT2D eigenvalue weighted by molar-refractivity contribution is 5.95. The van der Waals surface area contributed by atoms with Crippen molar-refractivity contribution < 1.29 is 18.8 Å². The first-order valence-corrected chi connectivity index (χ1v) is 11.2. The summed E-state index contributed by atoms with van der Waals surface area (Å²) in [7, 11) is 0. The van der Waals surface area contributed by atoms with E-state index in [2.05, 4.69) is 20.4 Å². The lowest BCUT2D eigenvalue weighted by molar-refractivity contribution is -0.121. The summed E-state index contributed by atoms with van der Waals surface area (Å²) in [5.74, 6) is 0.663. The third-order valence-electron chi connectivity index (χ3n) is 5.81. The summed E-state index contributed by atoms with van der Waals surface area (Å²) in [6, 6.07) is 14.8. The molecule has 0 unspecified atom stereocenters. The average Bonchev–Trinajstić information content (AvgIpc) is 3.28. The lowest BCUT2D eigenvalue weighted by atomic mass is 9.95. The minimum Gasteiger partial charge on any atom is -0.462 e. The van der Waals surface area contributed by atoms with Crippen LogP contribution >= 0.6 is 0 Å². The number of aromatic nitrogens is 2. The minimum atomic E-state index is -0.395. The second-order valence-corrected chi connectivity index (χ2v) is 8.17. The van der Waals surface area contributed by atoms with Gasteiger partial charge in [-0.15, -0.1) is 0 Å². The number of ether oxygens (including phenoxy) is 1. The average molecular weight is 449 g/mol. The molecule has 8 nitrogen and oxygen atoms in total. The van der Waals surface area contributed by atoms with Crippen molar-refractivity contribution in [1.82, 2.24) is 15.0 Å². The van der Waals surface area contributed by atoms with Crippen molar-refractivity contribution in [3.8, 4) is 11.4 Å². The Morgan fingerprint density at radius 2 is 1.94 bits per heavy atom. The normalized spacial score (nSPS) is 14.7. The van der Waals surface area contributed by atoms with E-state index in [9.17, 15) is 9.59 Å². The fourth-order valence-corrected chi connectivity index (χ4v) is 3.98. The Kier molecular flexibility index (Phi) is 7.14. The van der Waals surface area contributed by atoms with Crippen LogP contribution in [0.4, 0.5) is 5.69 Å². The van der Waals surface area contributed by atoms with Crippen molar-refractivity contribution in [1.29, 1.82) is 0 Å². The Morgan fingerprint density at radius 3 is 2.70 bits per heavy atom. The van der Waals surface area contributed by atoms with Crippen LogP contribution in [0.15, 0.2) is 53.1 Å². The van der Waals surface area contributed by atoms with Gasteiger partial charge in [-0.25, -0.2) is 4.79 Å². The molecule has 172 valence electrons. The molecule has 0 spiro atoms. The first kappa shape index (κ1) is 22.7. The van der Waals surface area contributed by atoms with Gasteiger partial charge in [0.25, 0.3) is 0 Å². The zero-order chi connectivity index (χ0) is 23.2. The maximum absolute atomic E-state index is 12.7. The Bertz CT molecular complexity index is 1120. The summed E-state index contributed by atoms with van der Waals surface area (Å²) < 4.78 is 10.5. The second kappa shape index (κ2) is 10.4. The highest BCUT2D eigenvalue weighted by atomic mass is 16.5. The van der Waals surface area contributed by atoms with Gasteiger partial charge in [0.05, 0.1) is 18.7 Å². The van der Waals surface area contributed by atoms with Crippen molar-refractivity contribution >= 4 is 17.6 Å². The molecule has 1 aromatic heterocycles. The van der Waals surface area contributed by atoms with Gasteiger partial charge in [0, 0.05) is 17.2 Å². The molecule has 0 radical (unpaired) electrons. The zero-order valence-corrected chi connectivity index (χ0v) is 18.9. The van der Waals surface area contributed by atoms with E-state index in [4.69, 9.17) is 9.26 Å². The van der Waals surface area contributed by atoms with E-state index in [-0.39, 0.29) is 11.8 Å². The summed E-state index contributed by atoms with van der Waals surface area (Å²) in [5.41, 5.74) is 3.09. The lowest BCUT2D eigenvalue weighted by Gasteiger charge is -2.30. The van der Waals surface area contributed by atoms with Crippen LogP contribution in [-0.4, -0.2) is 46.6 Å². The summed E-state index contributed by atoms with van der Waals surface area (Å²) in [4.78, 5) is 31.4. The maximum Gasteiger partial charge on any atom is 0.338 e. The van der Waals surface area contributed by atoms with Gasteiger partial charge in [0.1, 0.15) is 0 Å². The Labute approximate surface area is 192 Å². The highest BCUT2D eigenvalue weighted by Gasteiger charge is 2.26. The van der Waals surface area contributed by atoms with Crippen molar-refractivity contribution in [3.05, 3.63) is 65.5 Å². The molecular formula is C25H28N4O4. The van der Waals surface area contributed by atoms with E-state index < -0.39 is 5.97 Å². The SMILES string of the molecule is CCOC(=O)c1cccc(NC(=O)C2CCN(Cc3nc(-c4ccccc4C)no3)CC2)c1. The lowest BCUT2D eigenvalue weighted by Crippen LogP contribution is -2.37. The van der Waals surface area contributed by atoms with Crippen molar-refractivity contribution in [2.24, 2.45) is 5.92 Å². The summed E-state index contributed by atoms with van der Waals surface area (Å²) in [6.45, 7) is 6.19. The number of aryl methyl sites for hydroxylation is 1. The summed E-state index contributed by atoms with van der Waals surface area (Å²) >= 11 is 0. The number of hydrogen-bond donors (Lipinski definition) is 1. The van der Waals surface area contributed by atoms with Gasteiger partial charge in [-0.3, -0.25) is 9.69 Å². The Hall–Kier alpha value is -3.52. The maximum atomic E-state index is 12.7. The minimum absolute atomic E-state index is 0.0321. The summed E-state index contributed by atoms with van der Waals surface area (Å²) in [5, 5.41) is 7.06. The van der Waals surface area contributed by atoms with E-state index in [1.165, 1.54) is 0 Å². The van der Waals surface area contributed by atoms with Gasteiger partial charge in [-0.2, -0.15) is 4.98 Å². The van der Waals surface area contributed by atoms with E-state index in [0.717, 1.165) is 37.1 Å². The number of esters is 1. The van der Waals surface area contributed by atoms with Gasteiger partial charge < -0.3 is 14.6 Å². The number of nitrogens with one attached hydrogen (secondary N) is 1. The highest BCUT2D eigenvalue weighted by Crippen LogP contribution is 2.23. The molecule has 1 N–H and O–H groups in total. The third kappa shape index (κ3) is 5.64. The molecule has 1 saturated heterocycles. The monoisotopic (exact) mass is 448 g/mol. The molecule has 0 atom stereocenters. The van der Waals surface area contributed by atoms with E-state index in [1.54, 1.807) is 31.2 Å². The molecule has 8 heteroatoms. The van der Waals surface area contributed by atoms with Crippen LogP contribution in [0.25, 0.3) is 11.4 Å². The molecule has 2 heterocycles. The van der Waals surface area contributed by atoms with Crippen molar-refractivity contribution in [2.75, 3.05) is 25.0 Å². The first-order chi connectivity index (χ1) is 16.0. The van der Waals surface area contributed by atoms with Crippen LogP contribution in [0.3, 0.4) is 0 Å². The number of carbonyl (C=O) groups excluding carboxylic acids is 2. The number of carbonyl (C=O) groups is 2. The van der Waals surface area contributed by atoms with Crippen LogP contribution in [0.5, 0.6) is 0 Å². The molecule has 1 aliphatic rings.